The second kappa shape index (κ2) is 6.88. The Labute approximate surface area is 110 Å². The van der Waals surface area contributed by atoms with Crippen LogP contribution in [0.2, 0.25) is 0 Å². The van der Waals surface area contributed by atoms with Gasteiger partial charge in [-0.25, -0.2) is 0 Å². The Balaban J connectivity index is 2.02. The van der Waals surface area contributed by atoms with E-state index in [4.69, 9.17) is 4.52 Å². The Hall–Kier alpha value is -0.900. The summed E-state index contributed by atoms with van der Waals surface area (Å²) in [7, 11) is 0. The largest absolute Gasteiger partial charge is 0.339 e. The topological polar surface area (TPSA) is 51.0 Å². The second-order valence-electron chi connectivity index (χ2n) is 5.25. The molecule has 1 heterocycles. The van der Waals surface area contributed by atoms with Crippen LogP contribution in [0.25, 0.3) is 0 Å². The number of nitrogens with zero attached hydrogens (tertiary/aromatic N) is 2. The molecule has 0 aliphatic heterocycles. The molecule has 1 aliphatic carbocycles. The zero-order valence-electron chi connectivity index (χ0n) is 11.6. The van der Waals surface area contributed by atoms with Gasteiger partial charge in [-0.15, -0.1) is 0 Å². The average molecular weight is 251 g/mol. The van der Waals surface area contributed by atoms with E-state index in [9.17, 15) is 0 Å². The third-order valence-corrected chi connectivity index (χ3v) is 3.70. The maximum absolute atomic E-state index is 5.47. The van der Waals surface area contributed by atoms with Crippen LogP contribution in [-0.2, 0) is 6.42 Å². The molecule has 2 rings (SSSR count). The maximum Gasteiger partial charge on any atom is 0.231 e. The van der Waals surface area contributed by atoms with Crippen LogP contribution >= 0.6 is 0 Å². The molecule has 1 aromatic rings. The third kappa shape index (κ3) is 3.31. The Bertz CT molecular complexity index is 351. The molecule has 1 fully saturated rings. The van der Waals surface area contributed by atoms with Gasteiger partial charge in [-0.05, 0) is 32.2 Å². The third-order valence-electron chi connectivity index (χ3n) is 3.70. The number of hydrogen-bond donors (Lipinski definition) is 1. The standard InChI is InChI=1S/C14H25N3O/c1-3-7-13-16-14(18-17-13)11-8-5-6-9-12(11)15-10-4-2/h11-12,15H,3-10H2,1-2H3. The lowest BCUT2D eigenvalue weighted by molar-refractivity contribution is 0.262. The van der Waals surface area contributed by atoms with E-state index in [2.05, 4.69) is 29.3 Å². The molecule has 18 heavy (non-hydrogen) atoms. The molecule has 0 amide bonds. The summed E-state index contributed by atoms with van der Waals surface area (Å²) in [5.41, 5.74) is 0. The van der Waals surface area contributed by atoms with Crippen molar-refractivity contribution in [3.05, 3.63) is 11.7 Å². The van der Waals surface area contributed by atoms with E-state index >= 15 is 0 Å². The Kier molecular flexibility index (Phi) is 5.17. The number of rotatable bonds is 6. The van der Waals surface area contributed by atoms with Gasteiger partial charge < -0.3 is 9.84 Å². The normalized spacial score (nSPS) is 24.3. The lowest BCUT2D eigenvalue weighted by Crippen LogP contribution is -2.37. The van der Waals surface area contributed by atoms with Crippen molar-refractivity contribution in [2.75, 3.05) is 6.54 Å². The number of hydrogen-bond acceptors (Lipinski definition) is 4. The summed E-state index contributed by atoms with van der Waals surface area (Å²) >= 11 is 0. The molecule has 0 saturated heterocycles. The van der Waals surface area contributed by atoms with E-state index in [0.29, 0.717) is 12.0 Å². The molecular formula is C14H25N3O. The van der Waals surface area contributed by atoms with Gasteiger partial charge in [0.25, 0.3) is 0 Å². The first kappa shape index (κ1) is 13.5. The van der Waals surface area contributed by atoms with E-state index in [1.165, 1.54) is 32.1 Å². The van der Waals surface area contributed by atoms with Crippen LogP contribution in [0.1, 0.15) is 70.0 Å². The summed E-state index contributed by atoms with van der Waals surface area (Å²) in [5.74, 6) is 2.14. The monoisotopic (exact) mass is 251 g/mol. The molecule has 1 N–H and O–H groups in total. The van der Waals surface area contributed by atoms with Crippen LogP contribution < -0.4 is 5.32 Å². The van der Waals surface area contributed by atoms with E-state index in [1.54, 1.807) is 0 Å². The van der Waals surface area contributed by atoms with Gasteiger partial charge in [0.15, 0.2) is 5.82 Å². The first-order chi connectivity index (χ1) is 8.85. The van der Waals surface area contributed by atoms with Crippen molar-refractivity contribution in [2.24, 2.45) is 0 Å². The first-order valence-corrected chi connectivity index (χ1v) is 7.41. The summed E-state index contributed by atoms with van der Waals surface area (Å²) in [6, 6.07) is 0.522. The highest BCUT2D eigenvalue weighted by molar-refractivity contribution is 5.01. The van der Waals surface area contributed by atoms with Gasteiger partial charge in [0, 0.05) is 12.5 Å². The van der Waals surface area contributed by atoms with Gasteiger partial charge in [-0.2, -0.15) is 4.98 Å². The van der Waals surface area contributed by atoms with Crippen molar-refractivity contribution in [3.8, 4) is 0 Å². The average Bonchev–Trinajstić information content (AvgIpc) is 2.86. The van der Waals surface area contributed by atoms with Crippen molar-refractivity contribution in [1.82, 2.24) is 15.5 Å². The van der Waals surface area contributed by atoms with E-state index in [1.807, 2.05) is 0 Å². The van der Waals surface area contributed by atoms with Crippen molar-refractivity contribution in [2.45, 2.75) is 70.8 Å². The van der Waals surface area contributed by atoms with Crippen molar-refractivity contribution < 1.29 is 4.52 Å². The summed E-state index contributed by atoms with van der Waals surface area (Å²) in [6.07, 6.45) is 8.16. The predicted molar refractivity (Wildman–Crippen MR) is 71.6 cm³/mol. The molecule has 102 valence electrons. The highest BCUT2D eigenvalue weighted by Crippen LogP contribution is 2.32. The maximum atomic E-state index is 5.47. The van der Waals surface area contributed by atoms with Gasteiger partial charge in [0.2, 0.25) is 5.89 Å². The molecule has 4 heteroatoms. The summed E-state index contributed by atoms with van der Waals surface area (Å²) in [6.45, 7) is 5.43. The van der Waals surface area contributed by atoms with Gasteiger partial charge in [-0.3, -0.25) is 0 Å². The predicted octanol–water partition coefficient (Wildman–Crippen LogP) is 3.05. The lowest BCUT2D eigenvalue weighted by Gasteiger charge is -2.29. The van der Waals surface area contributed by atoms with Gasteiger partial charge >= 0.3 is 0 Å². The summed E-state index contributed by atoms with van der Waals surface area (Å²) in [4.78, 5) is 4.56. The molecule has 0 radical (unpaired) electrons. The Morgan fingerprint density at radius 2 is 2.06 bits per heavy atom. The quantitative estimate of drug-likeness (QED) is 0.844. The van der Waals surface area contributed by atoms with E-state index in [-0.39, 0.29) is 0 Å². The highest BCUT2D eigenvalue weighted by atomic mass is 16.5. The minimum atomic E-state index is 0.420. The minimum absolute atomic E-state index is 0.420. The molecule has 1 saturated carbocycles. The molecule has 0 bridgehead atoms. The minimum Gasteiger partial charge on any atom is -0.339 e. The molecule has 1 aromatic heterocycles. The van der Waals surface area contributed by atoms with Gasteiger partial charge in [0.1, 0.15) is 0 Å². The Morgan fingerprint density at radius 1 is 1.22 bits per heavy atom. The van der Waals surface area contributed by atoms with Crippen LogP contribution in [0, 0.1) is 0 Å². The summed E-state index contributed by atoms with van der Waals surface area (Å²) < 4.78 is 5.47. The summed E-state index contributed by atoms with van der Waals surface area (Å²) in [5, 5.41) is 7.72. The zero-order chi connectivity index (χ0) is 12.8. The van der Waals surface area contributed by atoms with Crippen molar-refractivity contribution in [1.29, 1.82) is 0 Å². The fourth-order valence-corrected chi connectivity index (χ4v) is 2.74. The number of aryl methyl sites for hydroxylation is 1. The second-order valence-corrected chi connectivity index (χ2v) is 5.25. The molecule has 0 spiro atoms. The Morgan fingerprint density at radius 3 is 2.83 bits per heavy atom. The fraction of sp³-hybridized carbons (Fsp3) is 0.857. The molecule has 2 unspecified atom stereocenters. The molecule has 1 aliphatic rings. The van der Waals surface area contributed by atoms with Gasteiger partial charge in [0.05, 0.1) is 5.92 Å². The fourth-order valence-electron chi connectivity index (χ4n) is 2.74. The first-order valence-electron chi connectivity index (χ1n) is 7.41. The molecular weight excluding hydrogens is 226 g/mol. The van der Waals surface area contributed by atoms with Crippen LogP contribution in [0.15, 0.2) is 4.52 Å². The smallest absolute Gasteiger partial charge is 0.231 e. The van der Waals surface area contributed by atoms with Gasteiger partial charge in [-0.1, -0.05) is 31.8 Å². The van der Waals surface area contributed by atoms with Crippen molar-refractivity contribution >= 4 is 0 Å². The van der Waals surface area contributed by atoms with E-state index in [0.717, 1.165) is 31.1 Å². The zero-order valence-corrected chi connectivity index (χ0v) is 11.6. The van der Waals surface area contributed by atoms with Crippen LogP contribution in [0.5, 0.6) is 0 Å². The molecule has 2 atom stereocenters. The SMILES string of the molecule is CCCNC1CCCCC1c1nc(CCC)no1. The molecule has 4 nitrogen and oxygen atoms in total. The van der Waals surface area contributed by atoms with E-state index < -0.39 is 0 Å². The number of aromatic nitrogens is 2. The lowest BCUT2D eigenvalue weighted by atomic mass is 9.84. The van der Waals surface area contributed by atoms with Crippen LogP contribution in [-0.4, -0.2) is 22.7 Å². The molecule has 0 aromatic carbocycles. The van der Waals surface area contributed by atoms with Crippen molar-refractivity contribution in [3.63, 3.8) is 0 Å². The van der Waals surface area contributed by atoms with Crippen LogP contribution in [0.3, 0.4) is 0 Å². The number of nitrogens with one attached hydrogen (secondary N) is 1. The van der Waals surface area contributed by atoms with Crippen LogP contribution in [0.4, 0.5) is 0 Å². The highest BCUT2D eigenvalue weighted by Gasteiger charge is 2.30.